The van der Waals surface area contributed by atoms with E-state index in [1.165, 1.54) is 11.1 Å². The van der Waals surface area contributed by atoms with Crippen molar-refractivity contribution in [3.05, 3.63) is 47.2 Å². The number of aromatic nitrogens is 2. The van der Waals surface area contributed by atoms with E-state index in [4.69, 9.17) is 9.52 Å². The van der Waals surface area contributed by atoms with Gasteiger partial charge in [0.15, 0.2) is 0 Å². The summed E-state index contributed by atoms with van der Waals surface area (Å²) in [7, 11) is 0. The zero-order valence-corrected chi connectivity index (χ0v) is 13.8. The zero-order chi connectivity index (χ0) is 16.9. The van der Waals surface area contributed by atoms with Gasteiger partial charge in [-0.05, 0) is 18.1 Å². The number of amides is 1. The van der Waals surface area contributed by atoms with Crippen molar-refractivity contribution in [3.63, 3.8) is 0 Å². The molecule has 0 unspecified atom stereocenters. The first-order valence-corrected chi connectivity index (χ1v) is 8.12. The van der Waals surface area contributed by atoms with Crippen molar-refractivity contribution < 1.29 is 14.3 Å². The van der Waals surface area contributed by atoms with Gasteiger partial charge in [0.2, 0.25) is 17.7 Å². The molecule has 128 valence electrons. The summed E-state index contributed by atoms with van der Waals surface area (Å²) in [5.41, 5.74) is 2.39. The SMILES string of the molecule is Cc1ccccc1Cc1nnc(CN2CCN(C(=O)CO)CC2)o1. The number of rotatable bonds is 5. The van der Waals surface area contributed by atoms with Crippen LogP contribution in [0.4, 0.5) is 0 Å². The zero-order valence-electron chi connectivity index (χ0n) is 13.8. The number of hydrogen-bond donors (Lipinski definition) is 1. The molecule has 1 saturated heterocycles. The molecule has 1 fully saturated rings. The minimum absolute atomic E-state index is 0.215. The summed E-state index contributed by atoms with van der Waals surface area (Å²) in [6.07, 6.45) is 0.637. The standard InChI is InChI=1S/C17H22N4O3/c1-13-4-2-3-5-14(13)10-15-18-19-16(24-15)11-20-6-8-21(9-7-20)17(23)12-22/h2-5,22H,6-12H2,1H3. The van der Waals surface area contributed by atoms with E-state index in [1.54, 1.807) is 4.90 Å². The van der Waals surface area contributed by atoms with Crippen molar-refractivity contribution in [1.82, 2.24) is 20.0 Å². The molecular formula is C17H22N4O3. The molecule has 1 aliphatic rings. The molecule has 1 aromatic heterocycles. The second kappa shape index (κ2) is 7.55. The third kappa shape index (κ3) is 3.98. The molecule has 7 heteroatoms. The minimum atomic E-state index is -0.425. The quantitative estimate of drug-likeness (QED) is 0.865. The van der Waals surface area contributed by atoms with Gasteiger partial charge in [-0.1, -0.05) is 24.3 Å². The predicted octanol–water partition coefficient (Wildman–Crippen LogP) is 0.605. The van der Waals surface area contributed by atoms with E-state index in [0.717, 1.165) is 13.1 Å². The summed E-state index contributed by atoms with van der Waals surface area (Å²) in [5, 5.41) is 17.2. The van der Waals surface area contributed by atoms with E-state index in [2.05, 4.69) is 34.2 Å². The van der Waals surface area contributed by atoms with Crippen LogP contribution in [0, 0.1) is 6.92 Å². The van der Waals surface area contributed by atoms with Crippen LogP contribution in [0.1, 0.15) is 22.9 Å². The molecule has 0 aliphatic carbocycles. The Morgan fingerprint density at radius 1 is 1.17 bits per heavy atom. The summed E-state index contributed by atoms with van der Waals surface area (Å²) >= 11 is 0. The third-order valence-electron chi connectivity index (χ3n) is 4.33. The van der Waals surface area contributed by atoms with E-state index in [1.807, 2.05) is 12.1 Å². The van der Waals surface area contributed by atoms with Gasteiger partial charge in [-0.2, -0.15) is 0 Å². The van der Waals surface area contributed by atoms with E-state index in [0.29, 0.717) is 37.8 Å². The molecule has 3 rings (SSSR count). The lowest BCUT2D eigenvalue weighted by Crippen LogP contribution is -2.49. The Morgan fingerprint density at radius 2 is 1.88 bits per heavy atom. The van der Waals surface area contributed by atoms with Gasteiger partial charge in [0.05, 0.1) is 13.0 Å². The fraction of sp³-hybridized carbons (Fsp3) is 0.471. The second-order valence-electron chi connectivity index (χ2n) is 6.01. The van der Waals surface area contributed by atoms with Crippen LogP contribution in [-0.4, -0.2) is 63.8 Å². The molecule has 24 heavy (non-hydrogen) atoms. The van der Waals surface area contributed by atoms with Gasteiger partial charge in [0.1, 0.15) is 6.61 Å². The number of carbonyl (C=O) groups is 1. The lowest BCUT2D eigenvalue weighted by atomic mass is 10.1. The van der Waals surface area contributed by atoms with Gasteiger partial charge in [0, 0.05) is 26.2 Å². The monoisotopic (exact) mass is 330 g/mol. The topological polar surface area (TPSA) is 82.7 Å². The highest BCUT2D eigenvalue weighted by Gasteiger charge is 2.21. The highest BCUT2D eigenvalue weighted by molar-refractivity contribution is 5.77. The van der Waals surface area contributed by atoms with Crippen molar-refractivity contribution in [2.45, 2.75) is 19.9 Å². The number of hydrogen-bond acceptors (Lipinski definition) is 6. The van der Waals surface area contributed by atoms with E-state index >= 15 is 0 Å². The molecule has 1 N–H and O–H groups in total. The van der Waals surface area contributed by atoms with Crippen LogP contribution in [0.15, 0.2) is 28.7 Å². The number of nitrogens with zero attached hydrogens (tertiary/aromatic N) is 4. The normalized spacial score (nSPS) is 15.7. The van der Waals surface area contributed by atoms with Gasteiger partial charge in [-0.3, -0.25) is 9.69 Å². The van der Waals surface area contributed by atoms with Crippen molar-refractivity contribution >= 4 is 5.91 Å². The number of aliphatic hydroxyl groups excluding tert-OH is 1. The van der Waals surface area contributed by atoms with Crippen LogP contribution in [0.3, 0.4) is 0 Å². The Morgan fingerprint density at radius 3 is 2.58 bits per heavy atom. The molecule has 0 radical (unpaired) electrons. The molecule has 1 amide bonds. The maximum atomic E-state index is 11.5. The van der Waals surface area contributed by atoms with E-state index in [9.17, 15) is 4.79 Å². The van der Waals surface area contributed by atoms with Crippen molar-refractivity contribution in [2.75, 3.05) is 32.8 Å². The Kier molecular flexibility index (Phi) is 5.22. The average Bonchev–Trinajstić information content (AvgIpc) is 3.04. The number of piperazine rings is 1. The molecule has 7 nitrogen and oxygen atoms in total. The van der Waals surface area contributed by atoms with Crippen molar-refractivity contribution in [2.24, 2.45) is 0 Å². The first-order chi connectivity index (χ1) is 11.7. The Bertz CT molecular complexity index is 693. The van der Waals surface area contributed by atoms with Crippen LogP contribution < -0.4 is 0 Å². The maximum absolute atomic E-state index is 11.5. The number of aryl methyl sites for hydroxylation is 1. The summed E-state index contributed by atoms with van der Waals surface area (Å²) < 4.78 is 5.76. The molecule has 0 atom stereocenters. The Balaban J connectivity index is 1.54. The van der Waals surface area contributed by atoms with Crippen LogP contribution in [0.2, 0.25) is 0 Å². The number of aliphatic hydroxyl groups is 1. The average molecular weight is 330 g/mol. The van der Waals surface area contributed by atoms with Gasteiger partial charge in [0.25, 0.3) is 0 Å². The second-order valence-corrected chi connectivity index (χ2v) is 6.01. The summed E-state index contributed by atoms with van der Waals surface area (Å²) in [5.74, 6) is 1.00. The van der Waals surface area contributed by atoms with Crippen LogP contribution >= 0.6 is 0 Å². The van der Waals surface area contributed by atoms with Gasteiger partial charge >= 0.3 is 0 Å². The molecular weight excluding hydrogens is 308 g/mol. The van der Waals surface area contributed by atoms with Gasteiger partial charge in [-0.15, -0.1) is 10.2 Å². The van der Waals surface area contributed by atoms with E-state index < -0.39 is 6.61 Å². The summed E-state index contributed by atoms with van der Waals surface area (Å²) in [4.78, 5) is 15.3. The summed E-state index contributed by atoms with van der Waals surface area (Å²) in [6, 6.07) is 8.16. The predicted molar refractivity (Wildman–Crippen MR) is 87.2 cm³/mol. The van der Waals surface area contributed by atoms with Crippen LogP contribution in [0.25, 0.3) is 0 Å². The smallest absolute Gasteiger partial charge is 0.248 e. The molecule has 0 spiro atoms. The van der Waals surface area contributed by atoms with Crippen molar-refractivity contribution in [1.29, 1.82) is 0 Å². The third-order valence-corrected chi connectivity index (χ3v) is 4.33. The lowest BCUT2D eigenvalue weighted by Gasteiger charge is -2.33. The fourth-order valence-electron chi connectivity index (χ4n) is 2.84. The summed E-state index contributed by atoms with van der Waals surface area (Å²) in [6.45, 7) is 4.93. The molecule has 1 aliphatic heterocycles. The molecule has 2 aromatic rings. The minimum Gasteiger partial charge on any atom is -0.424 e. The van der Waals surface area contributed by atoms with Crippen molar-refractivity contribution in [3.8, 4) is 0 Å². The molecule has 2 heterocycles. The lowest BCUT2D eigenvalue weighted by molar-refractivity contribution is -0.136. The highest BCUT2D eigenvalue weighted by Crippen LogP contribution is 2.14. The van der Waals surface area contributed by atoms with E-state index in [-0.39, 0.29) is 5.91 Å². The number of carbonyl (C=O) groups excluding carboxylic acids is 1. The fourth-order valence-corrected chi connectivity index (χ4v) is 2.84. The highest BCUT2D eigenvalue weighted by atomic mass is 16.4. The Labute approximate surface area is 140 Å². The molecule has 0 bridgehead atoms. The molecule has 0 saturated carbocycles. The maximum Gasteiger partial charge on any atom is 0.248 e. The molecule has 1 aromatic carbocycles. The van der Waals surface area contributed by atoms with Gasteiger partial charge in [-0.25, -0.2) is 0 Å². The Hall–Kier alpha value is -2.25. The van der Waals surface area contributed by atoms with Crippen LogP contribution in [-0.2, 0) is 17.8 Å². The largest absolute Gasteiger partial charge is 0.424 e. The first-order valence-electron chi connectivity index (χ1n) is 8.12. The number of benzene rings is 1. The van der Waals surface area contributed by atoms with Gasteiger partial charge < -0.3 is 14.4 Å². The first kappa shape index (κ1) is 16.6. The van der Waals surface area contributed by atoms with Crippen LogP contribution in [0.5, 0.6) is 0 Å².